The maximum atomic E-state index is 12.1. The van der Waals surface area contributed by atoms with Crippen LogP contribution >= 0.6 is 0 Å². The molecule has 0 aliphatic carbocycles. The number of amides is 1. The quantitative estimate of drug-likeness (QED) is 0.481. The topological polar surface area (TPSA) is 84.5 Å². The van der Waals surface area contributed by atoms with Gasteiger partial charge in [0.1, 0.15) is 0 Å². The minimum Gasteiger partial charge on any atom is -0.372 e. The van der Waals surface area contributed by atoms with Crippen molar-refractivity contribution in [2.45, 2.75) is 31.1 Å². The summed E-state index contributed by atoms with van der Waals surface area (Å²) in [6.45, 7) is 1.51. The van der Waals surface area contributed by atoms with Crippen LogP contribution in [0.15, 0.2) is 89.8 Å². The lowest BCUT2D eigenvalue weighted by Crippen LogP contribution is -2.30. The number of carbonyl (C=O) groups is 1. The summed E-state index contributed by atoms with van der Waals surface area (Å²) >= 11 is 0. The summed E-state index contributed by atoms with van der Waals surface area (Å²) in [5.41, 5.74) is 3.15. The number of hydrogen-bond donors (Lipinski definition) is 2. The number of carbonyl (C=O) groups excluding carboxylic acids is 1. The van der Waals surface area contributed by atoms with Gasteiger partial charge in [-0.05, 0) is 28.8 Å². The van der Waals surface area contributed by atoms with Gasteiger partial charge in [-0.25, -0.2) is 13.1 Å². The van der Waals surface area contributed by atoms with E-state index >= 15 is 0 Å². The van der Waals surface area contributed by atoms with Gasteiger partial charge in [0.15, 0.2) is 0 Å². The Morgan fingerprint density at radius 1 is 0.742 bits per heavy atom. The Bertz CT molecular complexity index is 1050. The van der Waals surface area contributed by atoms with Crippen LogP contribution in [0.1, 0.15) is 23.1 Å². The second-order valence-corrected chi connectivity index (χ2v) is 8.80. The Balaban J connectivity index is 1.35. The van der Waals surface area contributed by atoms with Crippen LogP contribution in [0.3, 0.4) is 0 Å². The first-order valence-electron chi connectivity index (χ1n) is 10.0. The van der Waals surface area contributed by atoms with Crippen molar-refractivity contribution >= 4 is 15.9 Å². The fraction of sp³-hybridized carbons (Fsp3) is 0.208. The molecule has 31 heavy (non-hydrogen) atoms. The van der Waals surface area contributed by atoms with E-state index < -0.39 is 10.0 Å². The van der Waals surface area contributed by atoms with E-state index in [9.17, 15) is 13.2 Å². The summed E-state index contributed by atoms with van der Waals surface area (Å²) in [7, 11) is -3.60. The molecule has 3 aromatic carbocycles. The molecule has 7 heteroatoms. The van der Waals surface area contributed by atoms with Gasteiger partial charge in [-0.1, -0.05) is 72.8 Å². The van der Waals surface area contributed by atoms with E-state index in [0.717, 1.165) is 16.7 Å². The summed E-state index contributed by atoms with van der Waals surface area (Å²) < 4.78 is 32.4. The van der Waals surface area contributed by atoms with Gasteiger partial charge in [-0.2, -0.15) is 0 Å². The fourth-order valence-corrected chi connectivity index (χ4v) is 3.94. The summed E-state index contributed by atoms with van der Waals surface area (Å²) in [6, 6.07) is 25.9. The van der Waals surface area contributed by atoms with E-state index in [-0.39, 0.29) is 23.8 Å². The molecule has 0 aliphatic rings. The van der Waals surface area contributed by atoms with Crippen LogP contribution in [0.25, 0.3) is 0 Å². The molecule has 3 aromatic rings. The van der Waals surface area contributed by atoms with Gasteiger partial charge < -0.3 is 10.1 Å². The molecule has 0 heterocycles. The van der Waals surface area contributed by atoms with Gasteiger partial charge >= 0.3 is 0 Å². The van der Waals surface area contributed by atoms with Crippen molar-refractivity contribution in [1.29, 1.82) is 0 Å². The van der Waals surface area contributed by atoms with Crippen molar-refractivity contribution in [1.82, 2.24) is 10.0 Å². The Kier molecular flexibility index (Phi) is 8.35. The summed E-state index contributed by atoms with van der Waals surface area (Å²) in [6.07, 6.45) is 0.0669. The molecule has 0 unspecified atom stereocenters. The van der Waals surface area contributed by atoms with Gasteiger partial charge in [-0.15, -0.1) is 0 Å². The molecule has 0 fully saturated rings. The average Bonchev–Trinajstić information content (AvgIpc) is 2.80. The highest BCUT2D eigenvalue weighted by molar-refractivity contribution is 7.89. The highest BCUT2D eigenvalue weighted by Gasteiger charge is 2.13. The minimum absolute atomic E-state index is 0.0424. The first-order chi connectivity index (χ1) is 15.0. The molecule has 2 N–H and O–H groups in total. The monoisotopic (exact) mass is 438 g/mol. The van der Waals surface area contributed by atoms with Crippen LogP contribution in [-0.4, -0.2) is 20.9 Å². The zero-order chi connectivity index (χ0) is 21.9. The summed E-state index contributed by atoms with van der Waals surface area (Å²) in [5.74, 6) is -0.217. The first kappa shape index (κ1) is 22.7. The predicted molar refractivity (Wildman–Crippen MR) is 119 cm³/mol. The second-order valence-electron chi connectivity index (χ2n) is 7.03. The number of hydrogen-bond acceptors (Lipinski definition) is 4. The molecule has 0 bridgehead atoms. The third kappa shape index (κ3) is 7.64. The first-order valence-corrected chi connectivity index (χ1v) is 11.5. The molecule has 0 aliphatic heterocycles. The standard InChI is InChI=1S/C24H26N2O4S/c27-24(15-16-26-31(28,29)23-9-5-2-6-10-23)25-17-20-11-13-22(14-12-20)19-30-18-21-7-3-1-4-8-21/h1-14,26H,15-19H2,(H,25,27). The Labute approximate surface area is 183 Å². The lowest BCUT2D eigenvalue weighted by atomic mass is 10.1. The number of rotatable bonds is 11. The van der Waals surface area contributed by atoms with Crippen LogP contribution in [0.4, 0.5) is 0 Å². The molecule has 0 saturated heterocycles. The molecule has 0 radical (unpaired) electrons. The van der Waals surface area contributed by atoms with Gasteiger partial charge in [0.25, 0.3) is 0 Å². The van der Waals surface area contributed by atoms with Crippen molar-refractivity contribution in [2.75, 3.05) is 6.54 Å². The van der Waals surface area contributed by atoms with Crippen LogP contribution in [0.5, 0.6) is 0 Å². The fourth-order valence-electron chi connectivity index (χ4n) is 2.89. The average molecular weight is 439 g/mol. The van der Waals surface area contributed by atoms with Gasteiger partial charge in [0.2, 0.25) is 15.9 Å². The van der Waals surface area contributed by atoms with E-state index in [1.54, 1.807) is 18.2 Å². The number of ether oxygens (including phenoxy) is 1. The summed E-state index contributed by atoms with van der Waals surface area (Å²) in [5, 5.41) is 2.80. The van der Waals surface area contributed by atoms with Crippen molar-refractivity contribution in [3.8, 4) is 0 Å². The van der Waals surface area contributed by atoms with E-state index in [2.05, 4.69) is 10.0 Å². The maximum absolute atomic E-state index is 12.1. The van der Waals surface area contributed by atoms with Crippen LogP contribution in [0, 0.1) is 0 Å². The molecule has 162 valence electrons. The van der Waals surface area contributed by atoms with Gasteiger partial charge in [-0.3, -0.25) is 4.79 Å². The molecule has 6 nitrogen and oxygen atoms in total. The third-order valence-corrected chi connectivity index (χ3v) is 6.07. The zero-order valence-electron chi connectivity index (χ0n) is 17.2. The zero-order valence-corrected chi connectivity index (χ0v) is 18.0. The molecule has 1 amide bonds. The molecule has 0 aromatic heterocycles. The number of sulfonamides is 1. The van der Waals surface area contributed by atoms with Crippen LogP contribution in [-0.2, 0) is 39.3 Å². The predicted octanol–water partition coefficient (Wildman–Crippen LogP) is 3.39. The Morgan fingerprint density at radius 3 is 1.94 bits per heavy atom. The van der Waals surface area contributed by atoms with E-state index in [4.69, 9.17) is 4.74 Å². The number of nitrogens with one attached hydrogen (secondary N) is 2. The molecule has 0 saturated carbocycles. The van der Waals surface area contributed by atoms with E-state index in [1.807, 2.05) is 54.6 Å². The van der Waals surface area contributed by atoms with Crippen molar-refractivity contribution in [3.63, 3.8) is 0 Å². The van der Waals surface area contributed by atoms with Gasteiger partial charge in [0, 0.05) is 19.5 Å². The smallest absolute Gasteiger partial charge is 0.240 e. The van der Waals surface area contributed by atoms with Gasteiger partial charge in [0.05, 0.1) is 18.1 Å². The molecule has 3 rings (SSSR count). The normalized spacial score (nSPS) is 11.2. The van der Waals surface area contributed by atoms with Crippen molar-refractivity contribution in [3.05, 3.63) is 102 Å². The molecule has 0 atom stereocenters. The number of benzene rings is 3. The maximum Gasteiger partial charge on any atom is 0.240 e. The largest absolute Gasteiger partial charge is 0.372 e. The highest BCUT2D eigenvalue weighted by Crippen LogP contribution is 2.09. The molecular formula is C24H26N2O4S. The molecular weight excluding hydrogens is 412 g/mol. The minimum atomic E-state index is -3.60. The Morgan fingerprint density at radius 2 is 1.29 bits per heavy atom. The van der Waals surface area contributed by atoms with E-state index in [0.29, 0.717) is 19.8 Å². The van der Waals surface area contributed by atoms with E-state index in [1.165, 1.54) is 12.1 Å². The SMILES string of the molecule is O=C(CCNS(=O)(=O)c1ccccc1)NCc1ccc(COCc2ccccc2)cc1. The Hall–Kier alpha value is -3.00. The highest BCUT2D eigenvalue weighted by atomic mass is 32.2. The third-order valence-electron chi connectivity index (χ3n) is 4.59. The molecule has 0 spiro atoms. The second kappa shape index (κ2) is 11.4. The lowest BCUT2D eigenvalue weighted by Gasteiger charge is -2.09. The van der Waals surface area contributed by atoms with Crippen molar-refractivity contribution < 1.29 is 17.9 Å². The van der Waals surface area contributed by atoms with Crippen LogP contribution < -0.4 is 10.0 Å². The summed E-state index contributed by atoms with van der Waals surface area (Å²) in [4.78, 5) is 12.2. The van der Waals surface area contributed by atoms with Crippen molar-refractivity contribution in [2.24, 2.45) is 0 Å². The van der Waals surface area contributed by atoms with Crippen LogP contribution in [0.2, 0.25) is 0 Å². The lowest BCUT2D eigenvalue weighted by molar-refractivity contribution is -0.121.